The number of nitrogens with zero attached hydrogens (tertiary/aromatic N) is 1. The Morgan fingerprint density at radius 1 is 1.27 bits per heavy atom. The van der Waals surface area contributed by atoms with Crippen molar-refractivity contribution in [2.45, 2.75) is 0 Å². The lowest BCUT2D eigenvalue weighted by molar-refractivity contribution is 0.0697. The van der Waals surface area contributed by atoms with Crippen LogP contribution in [0.1, 0.15) is 15.9 Å². The van der Waals surface area contributed by atoms with Crippen molar-refractivity contribution in [2.75, 3.05) is 12.5 Å². The molecule has 0 bridgehead atoms. The Kier molecular flexibility index (Phi) is 4.85. The third-order valence-corrected chi connectivity index (χ3v) is 3.26. The number of carbonyl (C=O) groups is 1. The molecule has 0 atom stereocenters. The van der Waals surface area contributed by atoms with E-state index in [0.717, 1.165) is 0 Å². The Morgan fingerprint density at radius 3 is 2.55 bits per heavy atom. The molecular weight excluding hydrogens is 308 g/mol. The topological polar surface area (TPSA) is 91.2 Å². The van der Waals surface area contributed by atoms with Gasteiger partial charge in [-0.1, -0.05) is 11.6 Å². The maximum absolute atomic E-state index is 10.7. The van der Waals surface area contributed by atoms with Crippen molar-refractivity contribution in [3.05, 3.63) is 52.5 Å². The number of phenolic OH excluding ortho intramolecular Hbond substituents is 1. The Hall–Kier alpha value is -2.73. The number of benzene rings is 2. The van der Waals surface area contributed by atoms with Crippen LogP contribution in [0, 0.1) is 0 Å². The van der Waals surface area contributed by atoms with Crippen LogP contribution in [0.25, 0.3) is 0 Å². The van der Waals surface area contributed by atoms with Gasteiger partial charge in [0.15, 0.2) is 11.5 Å². The first kappa shape index (κ1) is 15.7. The molecule has 0 amide bonds. The first-order valence-corrected chi connectivity index (χ1v) is 6.58. The van der Waals surface area contributed by atoms with Gasteiger partial charge in [0.1, 0.15) is 0 Å². The van der Waals surface area contributed by atoms with Crippen molar-refractivity contribution >= 4 is 29.5 Å². The van der Waals surface area contributed by atoms with Crippen LogP contribution in [-0.4, -0.2) is 29.5 Å². The molecule has 2 aromatic rings. The largest absolute Gasteiger partial charge is 0.503 e. The van der Waals surface area contributed by atoms with Gasteiger partial charge in [-0.15, -0.1) is 0 Å². The lowest BCUT2D eigenvalue weighted by Crippen LogP contribution is -1.96. The average molecular weight is 321 g/mol. The number of hydrogen-bond acceptors (Lipinski definition) is 5. The maximum atomic E-state index is 10.7. The number of ether oxygens (including phenoxy) is 1. The normalized spacial score (nSPS) is 10.6. The second kappa shape index (κ2) is 6.82. The van der Waals surface area contributed by atoms with Crippen molar-refractivity contribution in [3.8, 4) is 11.5 Å². The Bertz CT molecular complexity index is 714. The van der Waals surface area contributed by atoms with Gasteiger partial charge in [0.2, 0.25) is 0 Å². The smallest absolute Gasteiger partial charge is 0.335 e. The van der Waals surface area contributed by atoms with E-state index in [-0.39, 0.29) is 22.1 Å². The monoisotopic (exact) mass is 320 g/mol. The van der Waals surface area contributed by atoms with Crippen LogP contribution in [0.5, 0.6) is 11.5 Å². The van der Waals surface area contributed by atoms with Crippen molar-refractivity contribution in [3.63, 3.8) is 0 Å². The van der Waals surface area contributed by atoms with Gasteiger partial charge < -0.3 is 14.9 Å². The van der Waals surface area contributed by atoms with Gasteiger partial charge in [-0.05, 0) is 36.4 Å². The fourth-order valence-corrected chi connectivity index (χ4v) is 1.90. The van der Waals surface area contributed by atoms with Crippen molar-refractivity contribution < 1.29 is 19.7 Å². The zero-order valence-electron chi connectivity index (χ0n) is 11.6. The van der Waals surface area contributed by atoms with Crippen LogP contribution in [0.15, 0.2) is 41.5 Å². The summed E-state index contributed by atoms with van der Waals surface area (Å²) >= 11 is 6.00. The highest BCUT2D eigenvalue weighted by Gasteiger charge is 2.09. The van der Waals surface area contributed by atoms with Crippen molar-refractivity contribution in [1.82, 2.24) is 0 Å². The van der Waals surface area contributed by atoms with Gasteiger partial charge in [0.05, 0.1) is 29.6 Å². The van der Waals surface area contributed by atoms with E-state index in [1.165, 1.54) is 25.5 Å². The molecule has 2 rings (SSSR count). The van der Waals surface area contributed by atoms with Gasteiger partial charge >= 0.3 is 5.97 Å². The van der Waals surface area contributed by atoms with Gasteiger partial charge in [0.25, 0.3) is 0 Å². The number of phenols is 1. The minimum absolute atomic E-state index is 0.131. The first-order valence-electron chi connectivity index (χ1n) is 6.21. The summed E-state index contributed by atoms with van der Waals surface area (Å²) in [5.74, 6) is -0.867. The summed E-state index contributed by atoms with van der Waals surface area (Å²) in [7, 11) is 1.43. The molecule has 0 fully saturated rings. The highest BCUT2D eigenvalue weighted by molar-refractivity contribution is 6.34. The summed E-state index contributed by atoms with van der Waals surface area (Å²) in [5, 5.41) is 22.7. The molecule has 0 unspecified atom stereocenters. The Morgan fingerprint density at radius 2 is 1.95 bits per heavy atom. The summed E-state index contributed by atoms with van der Waals surface area (Å²) in [6.07, 6.45) is 1.44. The lowest BCUT2D eigenvalue weighted by atomic mass is 10.2. The van der Waals surface area contributed by atoms with E-state index >= 15 is 0 Å². The van der Waals surface area contributed by atoms with Crippen LogP contribution in [0.3, 0.4) is 0 Å². The number of aromatic hydroxyl groups is 1. The summed E-state index contributed by atoms with van der Waals surface area (Å²) < 4.78 is 4.94. The summed E-state index contributed by atoms with van der Waals surface area (Å²) in [4.78, 5) is 10.7. The SMILES string of the molecule is COc1ccc(C=NNc2ccc(C(=O)O)cc2)c(Cl)c1O. The minimum Gasteiger partial charge on any atom is -0.503 e. The number of hydrogen-bond donors (Lipinski definition) is 3. The number of carboxylic acid groups (broad SMARTS) is 1. The molecule has 0 saturated carbocycles. The molecule has 3 N–H and O–H groups in total. The predicted octanol–water partition coefficient (Wildman–Crippen LogP) is 3.20. The fraction of sp³-hybridized carbons (Fsp3) is 0.0667. The zero-order valence-corrected chi connectivity index (χ0v) is 12.3. The van der Waals surface area contributed by atoms with E-state index in [2.05, 4.69) is 10.5 Å². The molecule has 0 aliphatic carbocycles. The van der Waals surface area contributed by atoms with Crippen LogP contribution in [-0.2, 0) is 0 Å². The highest BCUT2D eigenvalue weighted by Crippen LogP contribution is 2.35. The standard InChI is InChI=1S/C15H13ClN2O4/c1-22-12-7-4-10(13(16)14(12)19)8-17-18-11-5-2-9(3-6-11)15(20)21/h2-8,18-19H,1H3,(H,20,21). The molecular formula is C15H13ClN2O4. The summed E-state index contributed by atoms with van der Waals surface area (Å²) in [6, 6.07) is 9.34. The fourth-order valence-electron chi connectivity index (χ4n) is 1.69. The van der Waals surface area contributed by atoms with E-state index in [0.29, 0.717) is 11.3 Å². The molecule has 0 radical (unpaired) electrons. The molecule has 0 aromatic heterocycles. The van der Waals surface area contributed by atoms with Crippen LogP contribution in [0.4, 0.5) is 5.69 Å². The zero-order chi connectivity index (χ0) is 16.1. The highest BCUT2D eigenvalue weighted by atomic mass is 35.5. The number of methoxy groups -OCH3 is 1. The molecule has 114 valence electrons. The van der Waals surface area contributed by atoms with Crippen LogP contribution < -0.4 is 10.2 Å². The molecule has 0 heterocycles. The maximum Gasteiger partial charge on any atom is 0.335 e. The summed E-state index contributed by atoms with van der Waals surface area (Å²) in [5.41, 5.74) is 4.06. The number of hydrazone groups is 1. The second-order valence-electron chi connectivity index (χ2n) is 4.27. The van der Waals surface area contributed by atoms with Crippen molar-refractivity contribution in [1.29, 1.82) is 0 Å². The van der Waals surface area contributed by atoms with E-state index < -0.39 is 5.97 Å². The minimum atomic E-state index is -0.990. The number of aromatic carboxylic acids is 1. The van der Waals surface area contributed by atoms with E-state index in [1.54, 1.807) is 24.3 Å². The van der Waals surface area contributed by atoms with Gasteiger partial charge in [0, 0.05) is 5.56 Å². The third-order valence-electron chi connectivity index (χ3n) is 2.86. The van der Waals surface area contributed by atoms with E-state index in [9.17, 15) is 9.90 Å². The number of halogens is 1. The second-order valence-corrected chi connectivity index (χ2v) is 4.65. The molecule has 0 spiro atoms. The molecule has 6 nitrogen and oxygen atoms in total. The van der Waals surface area contributed by atoms with Gasteiger partial charge in [-0.2, -0.15) is 5.10 Å². The lowest BCUT2D eigenvalue weighted by Gasteiger charge is -2.06. The van der Waals surface area contributed by atoms with Crippen LogP contribution >= 0.6 is 11.6 Å². The molecule has 2 aromatic carbocycles. The quantitative estimate of drug-likeness (QED) is 0.581. The van der Waals surface area contributed by atoms with E-state index in [4.69, 9.17) is 21.4 Å². The number of rotatable bonds is 5. The van der Waals surface area contributed by atoms with Gasteiger partial charge in [-0.3, -0.25) is 5.43 Å². The van der Waals surface area contributed by atoms with Gasteiger partial charge in [-0.25, -0.2) is 4.79 Å². The molecule has 7 heteroatoms. The summed E-state index contributed by atoms with van der Waals surface area (Å²) in [6.45, 7) is 0. The predicted molar refractivity (Wildman–Crippen MR) is 84.3 cm³/mol. The van der Waals surface area contributed by atoms with Crippen LogP contribution in [0.2, 0.25) is 5.02 Å². The average Bonchev–Trinajstić information content (AvgIpc) is 2.52. The Balaban J connectivity index is 2.09. The number of anilines is 1. The van der Waals surface area contributed by atoms with E-state index in [1.807, 2.05) is 0 Å². The number of nitrogens with one attached hydrogen (secondary N) is 1. The Labute approximate surface area is 131 Å². The molecule has 0 aliphatic heterocycles. The molecule has 22 heavy (non-hydrogen) atoms. The third kappa shape index (κ3) is 3.48. The van der Waals surface area contributed by atoms with Crippen molar-refractivity contribution in [2.24, 2.45) is 5.10 Å². The number of carboxylic acids is 1. The first-order chi connectivity index (χ1) is 10.5. The molecule has 0 saturated heterocycles. The molecule has 0 aliphatic rings.